The molecule has 1 aromatic heterocycles. The van der Waals surface area contributed by atoms with Gasteiger partial charge in [0, 0.05) is 5.92 Å². The number of aromatic amines is 1. The van der Waals surface area contributed by atoms with Crippen LogP contribution in [0, 0.1) is 0 Å². The van der Waals surface area contributed by atoms with E-state index >= 15 is 0 Å². The Morgan fingerprint density at radius 2 is 1.82 bits per heavy atom. The molecule has 1 aliphatic carbocycles. The molecule has 0 aromatic carbocycles. The number of rotatable bonds is 3. The lowest BCUT2D eigenvalue weighted by molar-refractivity contribution is -0.140. The molecule has 7 heteroatoms. The van der Waals surface area contributed by atoms with Gasteiger partial charge in [0.2, 0.25) is 5.82 Å². The van der Waals surface area contributed by atoms with E-state index in [2.05, 4.69) is 15.2 Å². The maximum atomic E-state index is 13.0. The van der Waals surface area contributed by atoms with E-state index in [0.717, 1.165) is 32.1 Å². The van der Waals surface area contributed by atoms with Crippen molar-refractivity contribution in [3.63, 3.8) is 0 Å². The first-order valence-electron chi connectivity index (χ1n) is 5.60. The highest BCUT2D eigenvalue weighted by molar-refractivity contribution is 5.04. The van der Waals surface area contributed by atoms with Gasteiger partial charge in [0.1, 0.15) is 5.82 Å². The number of nitrogens with one attached hydrogen (secondary N) is 1. The third-order valence-corrected chi connectivity index (χ3v) is 3.07. The van der Waals surface area contributed by atoms with Gasteiger partial charge in [-0.05, 0) is 12.8 Å². The molecule has 2 rings (SSSR count). The maximum Gasteiger partial charge on any atom is 0.367 e. The number of alkyl halides is 4. The highest BCUT2D eigenvalue weighted by Crippen LogP contribution is 2.35. The average Bonchev–Trinajstić information content (AvgIpc) is 2.80. The Morgan fingerprint density at radius 3 is 2.41 bits per heavy atom. The quantitative estimate of drug-likeness (QED) is 0.838. The lowest BCUT2D eigenvalue weighted by Gasteiger charge is -2.18. The van der Waals surface area contributed by atoms with Crippen molar-refractivity contribution in [1.29, 1.82) is 0 Å². The first-order valence-corrected chi connectivity index (χ1v) is 5.60. The lowest BCUT2D eigenvalue weighted by Crippen LogP contribution is -2.25. The number of H-pyrrole nitrogens is 1. The summed E-state index contributed by atoms with van der Waals surface area (Å²) in [4.78, 5) is 3.53. The van der Waals surface area contributed by atoms with E-state index in [1.807, 2.05) is 0 Å². The molecule has 1 N–H and O–H groups in total. The second kappa shape index (κ2) is 4.62. The van der Waals surface area contributed by atoms with Crippen molar-refractivity contribution in [2.45, 2.75) is 50.4 Å². The summed E-state index contributed by atoms with van der Waals surface area (Å²) in [7, 11) is 0. The molecule has 1 aromatic rings. The molecule has 1 fully saturated rings. The molecule has 1 heterocycles. The van der Waals surface area contributed by atoms with Crippen LogP contribution in [0.5, 0.6) is 0 Å². The minimum atomic E-state index is -4.27. The third kappa shape index (κ3) is 2.42. The molecular formula is C10H13F4N3. The summed E-state index contributed by atoms with van der Waals surface area (Å²) in [5.41, 5.74) is 0. The first-order chi connectivity index (χ1) is 8.01. The second-order valence-corrected chi connectivity index (χ2v) is 4.30. The normalized spacial score (nSPS) is 18.9. The summed E-state index contributed by atoms with van der Waals surface area (Å²) in [6.45, 7) is 0. The summed E-state index contributed by atoms with van der Waals surface area (Å²) in [5, 5.41) is 5.58. The van der Waals surface area contributed by atoms with Crippen LogP contribution in [0.4, 0.5) is 17.6 Å². The summed E-state index contributed by atoms with van der Waals surface area (Å²) >= 11 is 0. The van der Waals surface area contributed by atoms with E-state index in [-0.39, 0.29) is 5.92 Å². The monoisotopic (exact) mass is 251 g/mol. The number of hydrogen-bond acceptors (Lipinski definition) is 2. The van der Waals surface area contributed by atoms with Gasteiger partial charge in [0.05, 0.1) is 0 Å². The summed E-state index contributed by atoms with van der Waals surface area (Å²) in [6, 6.07) is 0. The van der Waals surface area contributed by atoms with Gasteiger partial charge in [0.15, 0.2) is 0 Å². The predicted octanol–water partition coefficient (Wildman–Crippen LogP) is 3.21. The fraction of sp³-hybridized carbons (Fsp3) is 0.800. The molecule has 1 saturated carbocycles. The first kappa shape index (κ1) is 12.3. The Kier molecular flexibility index (Phi) is 3.35. The second-order valence-electron chi connectivity index (χ2n) is 4.30. The van der Waals surface area contributed by atoms with E-state index in [1.165, 1.54) is 0 Å². The topological polar surface area (TPSA) is 41.6 Å². The summed E-state index contributed by atoms with van der Waals surface area (Å²) < 4.78 is 50.1. The van der Waals surface area contributed by atoms with Crippen molar-refractivity contribution in [1.82, 2.24) is 15.2 Å². The van der Waals surface area contributed by atoms with Crippen LogP contribution in [0.25, 0.3) is 0 Å². The summed E-state index contributed by atoms with van der Waals surface area (Å²) in [6.07, 6.45) is 1.03. The lowest BCUT2D eigenvalue weighted by atomic mass is 9.89. The van der Waals surface area contributed by atoms with Gasteiger partial charge in [-0.1, -0.05) is 19.3 Å². The zero-order valence-corrected chi connectivity index (χ0v) is 9.10. The molecule has 0 atom stereocenters. The zero-order valence-electron chi connectivity index (χ0n) is 9.10. The molecule has 3 nitrogen and oxygen atoms in total. The SMILES string of the molecule is FC(F)C(F)(F)c1n[nH]c(C2CCCCC2)n1. The van der Waals surface area contributed by atoms with Crippen molar-refractivity contribution in [2.75, 3.05) is 0 Å². The van der Waals surface area contributed by atoms with Gasteiger partial charge in [-0.3, -0.25) is 5.10 Å². The van der Waals surface area contributed by atoms with Crippen molar-refractivity contribution in [3.05, 3.63) is 11.6 Å². The molecular weight excluding hydrogens is 238 g/mol. The van der Waals surface area contributed by atoms with Crippen LogP contribution in [0.1, 0.15) is 49.7 Å². The van der Waals surface area contributed by atoms with E-state index in [0.29, 0.717) is 5.82 Å². The van der Waals surface area contributed by atoms with Gasteiger partial charge in [0.25, 0.3) is 0 Å². The Hall–Kier alpha value is -1.14. The van der Waals surface area contributed by atoms with Crippen LogP contribution in [-0.2, 0) is 5.92 Å². The molecule has 0 spiro atoms. The highest BCUT2D eigenvalue weighted by Gasteiger charge is 2.47. The average molecular weight is 251 g/mol. The fourth-order valence-electron chi connectivity index (χ4n) is 2.08. The minimum Gasteiger partial charge on any atom is -0.263 e. The van der Waals surface area contributed by atoms with Crippen molar-refractivity contribution in [2.24, 2.45) is 0 Å². The Morgan fingerprint density at radius 1 is 1.18 bits per heavy atom. The number of halogens is 4. The van der Waals surface area contributed by atoms with E-state index in [9.17, 15) is 17.6 Å². The van der Waals surface area contributed by atoms with E-state index in [4.69, 9.17) is 0 Å². The standard InChI is InChI=1S/C10H13F4N3/c11-8(12)10(13,14)9-15-7(16-17-9)6-4-2-1-3-5-6/h6,8H,1-5H2,(H,15,16,17). The van der Waals surface area contributed by atoms with Gasteiger partial charge in [-0.25, -0.2) is 13.8 Å². The largest absolute Gasteiger partial charge is 0.367 e. The molecule has 0 aliphatic heterocycles. The van der Waals surface area contributed by atoms with Crippen LogP contribution in [0.2, 0.25) is 0 Å². The van der Waals surface area contributed by atoms with Crippen molar-refractivity contribution >= 4 is 0 Å². The highest BCUT2D eigenvalue weighted by atomic mass is 19.3. The predicted molar refractivity (Wildman–Crippen MR) is 52.1 cm³/mol. The molecule has 0 bridgehead atoms. The van der Waals surface area contributed by atoms with Crippen molar-refractivity contribution < 1.29 is 17.6 Å². The van der Waals surface area contributed by atoms with Crippen LogP contribution < -0.4 is 0 Å². The Labute approximate surface area is 95.6 Å². The number of aromatic nitrogens is 3. The Balaban J connectivity index is 2.15. The zero-order chi connectivity index (χ0) is 12.5. The molecule has 1 aliphatic rings. The summed E-state index contributed by atoms with van der Waals surface area (Å²) in [5.74, 6) is -5.03. The molecule has 0 radical (unpaired) electrons. The van der Waals surface area contributed by atoms with E-state index in [1.54, 1.807) is 0 Å². The van der Waals surface area contributed by atoms with Crippen LogP contribution >= 0.6 is 0 Å². The number of hydrogen-bond donors (Lipinski definition) is 1. The van der Waals surface area contributed by atoms with Gasteiger partial charge < -0.3 is 0 Å². The van der Waals surface area contributed by atoms with Crippen LogP contribution in [0.3, 0.4) is 0 Å². The number of nitrogens with zero attached hydrogens (tertiary/aromatic N) is 2. The minimum absolute atomic E-state index is 0.0403. The van der Waals surface area contributed by atoms with Gasteiger partial charge in [-0.15, -0.1) is 0 Å². The van der Waals surface area contributed by atoms with Gasteiger partial charge in [-0.2, -0.15) is 13.9 Å². The molecule has 0 amide bonds. The molecule has 17 heavy (non-hydrogen) atoms. The molecule has 0 saturated heterocycles. The van der Waals surface area contributed by atoms with Crippen LogP contribution in [-0.4, -0.2) is 21.6 Å². The molecule has 0 unspecified atom stereocenters. The maximum absolute atomic E-state index is 13.0. The van der Waals surface area contributed by atoms with Gasteiger partial charge >= 0.3 is 12.3 Å². The van der Waals surface area contributed by atoms with E-state index < -0.39 is 18.2 Å². The fourth-order valence-corrected chi connectivity index (χ4v) is 2.08. The van der Waals surface area contributed by atoms with Crippen molar-refractivity contribution in [3.8, 4) is 0 Å². The third-order valence-electron chi connectivity index (χ3n) is 3.07. The molecule has 96 valence electrons. The smallest absolute Gasteiger partial charge is 0.263 e. The van der Waals surface area contributed by atoms with Crippen LogP contribution in [0.15, 0.2) is 0 Å². The Bertz CT molecular complexity index is 371.